The Hall–Kier alpha value is -2.95. The van der Waals surface area contributed by atoms with Crippen LogP contribution in [0.2, 0.25) is 0 Å². The van der Waals surface area contributed by atoms with Crippen LogP contribution in [0, 0.1) is 17.0 Å². The number of hydrogen-bond donors (Lipinski definition) is 0. The van der Waals surface area contributed by atoms with Crippen molar-refractivity contribution in [2.45, 2.75) is 46.6 Å². The monoisotopic (exact) mass is 377 g/mol. The van der Waals surface area contributed by atoms with Crippen molar-refractivity contribution in [3.63, 3.8) is 0 Å². The highest BCUT2D eigenvalue weighted by atomic mass is 16.6. The van der Waals surface area contributed by atoms with E-state index in [1.807, 2.05) is 6.21 Å². The van der Waals surface area contributed by atoms with Crippen LogP contribution in [0.25, 0.3) is 5.57 Å². The van der Waals surface area contributed by atoms with Gasteiger partial charge in [0.2, 0.25) is 0 Å². The standard InChI is InChI=1S/C23H27N3O2/c1-6-11-25-22-12-16(2)18(13-21(22)17(3)14-23(25,4)5)15-24-19-7-9-20(10-8-19)26(27)28/h7-10,12-15H,6,11H2,1-5H3. The van der Waals surface area contributed by atoms with E-state index in [1.54, 1.807) is 12.1 Å². The molecular weight excluding hydrogens is 350 g/mol. The molecule has 0 bridgehead atoms. The molecule has 0 spiro atoms. The largest absolute Gasteiger partial charge is 0.362 e. The van der Waals surface area contributed by atoms with Gasteiger partial charge >= 0.3 is 0 Å². The molecule has 0 aromatic heterocycles. The summed E-state index contributed by atoms with van der Waals surface area (Å²) in [4.78, 5) is 17.4. The average Bonchev–Trinajstić information content (AvgIpc) is 2.63. The average molecular weight is 377 g/mol. The lowest BCUT2D eigenvalue weighted by molar-refractivity contribution is -0.384. The van der Waals surface area contributed by atoms with Crippen LogP contribution in [-0.2, 0) is 0 Å². The first-order chi connectivity index (χ1) is 13.2. The predicted molar refractivity (Wildman–Crippen MR) is 117 cm³/mol. The van der Waals surface area contributed by atoms with Gasteiger partial charge in [-0.15, -0.1) is 0 Å². The minimum Gasteiger partial charge on any atom is -0.362 e. The summed E-state index contributed by atoms with van der Waals surface area (Å²) in [5, 5.41) is 10.8. The molecule has 3 rings (SSSR count). The van der Waals surface area contributed by atoms with Crippen LogP contribution in [-0.4, -0.2) is 23.2 Å². The molecule has 1 aliphatic rings. The number of anilines is 1. The van der Waals surface area contributed by atoms with Crippen molar-refractivity contribution < 1.29 is 4.92 Å². The highest BCUT2D eigenvalue weighted by Gasteiger charge is 2.31. The van der Waals surface area contributed by atoms with Crippen molar-refractivity contribution in [2.24, 2.45) is 4.99 Å². The van der Waals surface area contributed by atoms with E-state index in [9.17, 15) is 10.1 Å². The molecule has 0 saturated carbocycles. The van der Waals surface area contributed by atoms with E-state index in [0.29, 0.717) is 5.69 Å². The Morgan fingerprint density at radius 3 is 2.46 bits per heavy atom. The van der Waals surface area contributed by atoms with Gasteiger partial charge in [0.15, 0.2) is 0 Å². The van der Waals surface area contributed by atoms with Gasteiger partial charge in [0, 0.05) is 36.1 Å². The lowest BCUT2D eigenvalue weighted by Gasteiger charge is -2.43. The van der Waals surface area contributed by atoms with Gasteiger partial charge in [-0.3, -0.25) is 15.1 Å². The van der Waals surface area contributed by atoms with Crippen molar-refractivity contribution in [3.8, 4) is 0 Å². The van der Waals surface area contributed by atoms with Gasteiger partial charge in [0.25, 0.3) is 5.69 Å². The quantitative estimate of drug-likeness (QED) is 0.361. The molecule has 0 saturated heterocycles. The lowest BCUT2D eigenvalue weighted by atomic mass is 9.87. The first-order valence-corrected chi connectivity index (χ1v) is 9.63. The van der Waals surface area contributed by atoms with Crippen LogP contribution in [0.4, 0.5) is 17.1 Å². The topological polar surface area (TPSA) is 58.7 Å². The first kappa shape index (κ1) is 19.8. The molecule has 28 heavy (non-hydrogen) atoms. The van der Waals surface area contributed by atoms with Gasteiger partial charge in [-0.05, 0) is 75.1 Å². The van der Waals surface area contributed by atoms with Crippen LogP contribution in [0.15, 0.2) is 47.5 Å². The van der Waals surface area contributed by atoms with E-state index in [4.69, 9.17) is 0 Å². The zero-order valence-corrected chi connectivity index (χ0v) is 17.2. The van der Waals surface area contributed by atoms with Gasteiger partial charge < -0.3 is 4.90 Å². The molecule has 0 radical (unpaired) electrons. The zero-order chi connectivity index (χ0) is 20.5. The van der Waals surface area contributed by atoms with Crippen molar-refractivity contribution in [3.05, 3.63) is 69.3 Å². The fourth-order valence-electron chi connectivity index (χ4n) is 3.82. The van der Waals surface area contributed by atoms with Crippen LogP contribution in [0.1, 0.15) is 50.8 Å². The molecule has 0 amide bonds. The maximum Gasteiger partial charge on any atom is 0.269 e. The molecule has 5 nitrogen and oxygen atoms in total. The predicted octanol–water partition coefficient (Wildman–Crippen LogP) is 6.07. The second kappa shape index (κ2) is 7.58. The summed E-state index contributed by atoms with van der Waals surface area (Å²) in [7, 11) is 0. The van der Waals surface area contributed by atoms with Gasteiger partial charge in [-0.25, -0.2) is 0 Å². The molecule has 0 unspecified atom stereocenters. The molecule has 0 N–H and O–H groups in total. The third kappa shape index (κ3) is 3.84. The van der Waals surface area contributed by atoms with Crippen LogP contribution >= 0.6 is 0 Å². The maximum atomic E-state index is 10.8. The molecule has 1 aliphatic heterocycles. The van der Waals surface area contributed by atoms with Gasteiger partial charge in [-0.2, -0.15) is 0 Å². The van der Waals surface area contributed by atoms with Gasteiger partial charge in [0.1, 0.15) is 0 Å². The summed E-state index contributed by atoms with van der Waals surface area (Å²) >= 11 is 0. The van der Waals surface area contributed by atoms with Crippen molar-refractivity contribution >= 4 is 28.8 Å². The molecule has 1 heterocycles. The van der Waals surface area contributed by atoms with E-state index in [1.165, 1.54) is 29.0 Å². The number of hydrogen-bond acceptors (Lipinski definition) is 4. The number of nitro benzene ring substituents is 1. The van der Waals surface area contributed by atoms with Gasteiger partial charge in [0.05, 0.1) is 16.1 Å². The second-order valence-corrected chi connectivity index (χ2v) is 7.89. The maximum absolute atomic E-state index is 10.8. The molecular formula is C23H27N3O2. The van der Waals surface area contributed by atoms with Crippen molar-refractivity contribution in [2.75, 3.05) is 11.4 Å². The fraction of sp³-hybridized carbons (Fsp3) is 0.348. The van der Waals surface area contributed by atoms with E-state index < -0.39 is 4.92 Å². The van der Waals surface area contributed by atoms with E-state index in [2.05, 4.69) is 62.7 Å². The molecule has 0 fully saturated rings. The number of allylic oxidation sites excluding steroid dienone is 1. The Labute approximate surface area is 166 Å². The first-order valence-electron chi connectivity index (χ1n) is 9.63. The Kier molecular flexibility index (Phi) is 5.36. The normalized spacial score (nSPS) is 15.5. The van der Waals surface area contributed by atoms with Crippen molar-refractivity contribution in [1.29, 1.82) is 0 Å². The summed E-state index contributed by atoms with van der Waals surface area (Å²) < 4.78 is 0. The SMILES string of the molecule is CCCN1c2cc(C)c(C=Nc3ccc([N+](=O)[O-])cc3)cc2C(C)=CC1(C)C. The summed E-state index contributed by atoms with van der Waals surface area (Å²) in [5.41, 5.74) is 6.77. The number of rotatable bonds is 5. The summed E-state index contributed by atoms with van der Waals surface area (Å²) in [6.07, 6.45) is 5.27. The fourth-order valence-corrected chi connectivity index (χ4v) is 3.82. The van der Waals surface area contributed by atoms with Crippen LogP contribution < -0.4 is 4.90 Å². The minimum absolute atomic E-state index is 0.00606. The minimum atomic E-state index is -0.403. The van der Waals surface area contributed by atoms with Crippen LogP contribution in [0.5, 0.6) is 0 Å². The Morgan fingerprint density at radius 1 is 1.18 bits per heavy atom. The van der Waals surface area contributed by atoms with Crippen molar-refractivity contribution in [1.82, 2.24) is 0 Å². The van der Waals surface area contributed by atoms with Gasteiger partial charge in [-0.1, -0.05) is 13.0 Å². The molecule has 0 aliphatic carbocycles. The van der Waals surface area contributed by atoms with E-state index in [0.717, 1.165) is 24.1 Å². The Morgan fingerprint density at radius 2 is 1.86 bits per heavy atom. The zero-order valence-electron chi connectivity index (χ0n) is 17.2. The third-order valence-electron chi connectivity index (χ3n) is 5.23. The highest BCUT2D eigenvalue weighted by molar-refractivity contribution is 5.90. The Bertz CT molecular complexity index is 957. The number of nitrogens with zero attached hydrogens (tertiary/aromatic N) is 3. The Balaban J connectivity index is 1.96. The van der Waals surface area contributed by atoms with E-state index in [-0.39, 0.29) is 11.2 Å². The number of aliphatic imine (C=N–C) groups is 1. The number of fused-ring (bicyclic) bond motifs is 1. The summed E-state index contributed by atoms with van der Waals surface area (Å²) in [6.45, 7) is 12.0. The number of benzene rings is 2. The number of non-ortho nitro benzene ring substituents is 1. The highest BCUT2D eigenvalue weighted by Crippen LogP contribution is 2.40. The molecule has 2 aromatic rings. The summed E-state index contributed by atoms with van der Waals surface area (Å²) in [6, 6.07) is 10.7. The molecule has 2 aromatic carbocycles. The second-order valence-electron chi connectivity index (χ2n) is 7.89. The smallest absolute Gasteiger partial charge is 0.269 e. The van der Waals surface area contributed by atoms with Crippen LogP contribution in [0.3, 0.4) is 0 Å². The molecule has 0 atom stereocenters. The molecule has 146 valence electrons. The lowest BCUT2D eigenvalue weighted by Crippen LogP contribution is -2.45. The summed E-state index contributed by atoms with van der Waals surface area (Å²) in [5.74, 6) is 0. The van der Waals surface area contributed by atoms with E-state index >= 15 is 0 Å². The molecule has 5 heteroatoms. The third-order valence-corrected chi connectivity index (χ3v) is 5.23. The number of nitro groups is 1. The number of aryl methyl sites for hydroxylation is 1.